The topological polar surface area (TPSA) is 30.4 Å². The highest BCUT2D eigenvalue weighted by Crippen LogP contribution is 2.28. The van der Waals surface area contributed by atoms with E-state index in [1.165, 1.54) is 5.56 Å². The van der Waals surface area contributed by atoms with E-state index in [1.54, 1.807) is 0 Å². The van der Waals surface area contributed by atoms with Gasteiger partial charge in [0.1, 0.15) is 10.4 Å². The first-order valence-electron chi connectivity index (χ1n) is 5.37. The van der Waals surface area contributed by atoms with Crippen LogP contribution in [0.5, 0.6) is 0 Å². The van der Waals surface area contributed by atoms with E-state index in [-0.39, 0.29) is 0 Å². The molecule has 3 aromatic rings. The van der Waals surface area contributed by atoms with Crippen molar-refractivity contribution in [2.45, 2.75) is 13.8 Å². The Labute approximate surface area is 107 Å². The van der Waals surface area contributed by atoms with Crippen LogP contribution >= 0.6 is 15.9 Å². The number of furan rings is 1. The Morgan fingerprint density at radius 3 is 2.76 bits per heavy atom. The number of imidazole rings is 1. The zero-order valence-electron chi connectivity index (χ0n) is 9.57. The first kappa shape index (κ1) is 10.6. The molecule has 0 aromatic carbocycles. The fourth-order valence-electron chi connectivity index (χ4n) is 1.98. The van der Waals surface area contributed by atoms with Gasteiger partial charge in [0.2, 0.25) is 0 Å². The maximum Gasteiger partial charge on any atom is 0.181 e. The Bertz CT molecular complexity index is 697. The number of hydrogen-bond acceptors (Lipinski definition) is 2. The normalized spacial score (nSPS) is 11.2. The number of nitrogens with zero attached hydrogens (tertiary/aromatic N) is 2. The second-order valence-electron chi connectivity index (χ2n) is 4.05. The van der Waals surface area contributed by atoms with Crippen molar-refractivity contribution in [2.24, 2.45) is 0 Å². The predicted octanol–water partition coefficient (Wildman–Crippen LogP) is 3.97. The minimum atomic E-state index is 0.786. The van der Waals surface area contributed by atoms with Gasteiger partial charge in [0.15, 0.2) is 11.6 Å². The van der Waals surface area contributed by atoms with Crippen molar-refractivity contribution in [1.82, 2.24) is 9.38 Å². The number of aromatic nitrogens is 2. The molecule has 3 rings (SSSR count). The third kappa shape index (κ3) is 1.60. The number of halogens is 1. The lowest BCUT2D eigenvalue weighted by atomic mass is 10.2. The summed E-state index contributed by atoms with van der Waals surface area (Å²) in [4.78, 5) is 4.52. The summed E-state index contributed by atoms with van der Waals surface area (Å²) in [5, 5.41) is 0. The zero-order valence-corrected chi connectivity index (χ0v) is 11.2. The van der Waals surface area contributed by atoms with Crippen LogP contribution < -0.4 is 0 Å². The smallest absolute Gasteiger partial charge is 0.181 e. The van der Waals surface area contributed by atoms with E-state index >= 15 is 0 Å². The van der Waals surface area contributed by atoms with Crippen LogP contribution in [-0.4, -0.2) is 9.38 Å². The molecule has 0 atom stereocenters. The Balaban J connectivity index is 2.35. The molecule has 86 valence electrons. The molecule has 4 heteroatoms. The molecule has 0 fully saturated rings. The van der Waals surface area contributed by atoms with Gasteiger partial charge in [-0.1, -0.05) is 6.07 Å². The molecule has 0 unspecified atom stereocenters. The van der Waals surface area contributed by atoms with Gasteiger partial charge in [-0.05, 0) is 53.5 Å². The fraction of sp³-hybridized carbons (Fsp3) is 0.154. The van der Waals surface area contributed by atoms with Crippen molar-refractivity contribution in [3.8, 4) is 11.6 Å². The molecule has 0 aliphatic rings. The number of hydrogen-bond donors (Lipinski definition) is 0. The summed E-state index contributed by atoms with van der Waals surface area (Å²) in [6.07, 6.45) is 1.99. The molecule has 17 heavy (non-hydrogen) atoms. The van der Waals surface area contributed by atoms with Crippen LogP contribution in [-0.2, 0) is 0 Å². The maximum absolute atomic E-state index is 5.63. The first-order valence-corrected chi connectivity index (χ1v) is 6.16. The molecular weight excluding hydrogens is 280 g/mol. The summed E-state index contributed by atoms with van der Waals surface area (Å²) in [5.41, 5.74) is 2.26. The van der Waals surface area contributed by atoms with Crippen molar-refractivity contribution in [3.63, 3.8) is 0 Å². The maximum atomic E-state index is 5.63. The fourth-order valence-corrected chi connectivity index (χ4v) is 2.66. The Morgan fingerprint density at radius 1 is 1.24 bits per heavy atom. The summed E-state index contributed by atoms with van der Waals surface area (Å²) in [6.45, 7) is 4.00. The summed E-state index contributed by atoms with van der Waals surface area (Å²) >= 11 is 3.50. The third-order valence-corrected chi connectivity index (χ3v) is 3.34. The van der Waals surface area contributed by atoms with Crippen molar-refractivity contribution >= 4 is 21.4 Å². The average Bonchev–Trinajstić information content (AvgIpc) is 2.84. The molecular formula is C13H11BrN2O. The van der Waals surface area contributed by atoms with Gasteiger partial charge in [0.05, 0.1) is 5.52 Å². The molecule has 0 saturated carbocycles. The zero-order chi connectivity index (χ0) is 12.0. The van der Waals surface area contributed by atoms with Gasteiger partial charge in [-0.2, -0.15) is 0 Å². The van der Waals surface area contributed by atoms with E-state index in [4.69, 9.17) is 4.42 Å². The van der Waals surface area contributed by atoms with Gasteiger partial charge in [0.25, 0.3) is 0 Å². The van der Waals surface area contributed by atoms with Crippen LogP contribution in [0.25, 0.3) is 17.1 Å². The van der Waals surface area contributed by atoms with E-state index in [0.717, 1.165) is 27.5 Å². The van der Waals surface area contributed by atoms with Gasteiger partial charge in [-0.3, -0.25) is 4.40 Å². The Hall–Kier alpha value is -1.55. The van der Waals surface area contributed by atoms with E-state index in [2.05, 4.69) is 33.9 Å². The van der Waals surface area contributed by atoms with Crippen LogP contribution in [0.4, 0.5) is 0 Å². The highest BCUT2D eigenvalue weighted by molar-refractivity contribution is 9.10. The summed E-state index contributed by atoms with van der Waals surface area (Å²) in [5.74, 6) is 2.50. The van der Waals surface area contributed by atoms with Crippen LogP contribution in [0.2, 0.25) is 0 Å². The molecule has 0 radical (unpaired) electrons. The number of aryl methyl sites for hydroxylation is 2. The SMILES string of the molecule is Cc1ccc(-c2nc(Br)c3c(C)cccn23)o1. The van der Waals surface area contributed by atoms with Crippen LogP contribution in [0.3, 0.4) is 0 Å². The Morgan fingerprint density at radius 2 is 2.06 bits per heavy atom. The molecule has 3 aromatic heterocycles. The average molecular weight is 291 g/mol. The molecule has 0 bridgehead atoms. The van der Waals surface area contributed by atoms with Crippen LogP contribution in [0, 0.1) is 13.8 Å². The number of fused-ring (bicyclic) bond motifs is 1. The molecule has 3 nitrogen and oxygen atoms in total. The van der Waals surface area contributed by atoms with Gasteiger partial charge in [0, 0.05) is 6.20 Å². The second-order valence-corrected chi connectivity index (χ2v) is 4.80. The van der Waals surface area contributed by atoms with E-state index in [9.17, 15) is 0 Å². The predicted molar refractivity (Wildman–Crippen MR) is 70.1 cm³/mol. The largest absolute Gasteiger partial charge is 0.458 e. The molecule has 3 heterocycles. The van der Waals surface area contributed by atoms with E-state index in [0.29, 0.717) is 0 Å². The highest BCUT2D eigenvalue weighted by Gasteiger charge is 2.14. The van der Waals surface area contributed by atoms with Crippen molar-refractivity contribution < 1.29 is 4.42 Å². The summed E-state index contributed by atoms with van der Waals surface area (Å²) in [7, 11) is 0. The number of pyridine rings is 1. The van der Waals surface area contributed by atoms with Gasteiger partial charge < -0.3 is 4.42 Å². The first-order chi connectivity index (χ1) is 8.16. The van der Waals surface area contributed by atoms with E-state index in [1.807, 2.05) is 35.7 Å². The molecule has 0 amide bonds. The van der Waals surface area contributed by atoms with Crippen LogP contribution in [0.1, 0.15) is 11.3 Å². The third-order valence-electron chi connectivity index (χ3n) is 2.78. The Kier molecular flexibility index (Phi) is 2.33. The minimum absolute atomic E-state index is 0.786. The second kappa shape index (κ2) is 3.74. The standard InChI is InChI=1S/C13H11BrN2O/c1-8-4-3-7-16-11(8)12(14)15-13(16)10-6-5-9(2)17-10/h3-7H,1-2H3. The number of rotatable bonds is 1. The lowest BCUT2D eigenvalue weighted by Crippen LogP contribution is -1.88. The van der Waals surface area contributed by atoms with Crippen LogP contribution in [0.15, 0.2) is 39.5 Å². The van der Waals surface area contributed by atoms with Crippen molar-refractivity contribution in [3.05, 3.63) is 46.4 Å². The minimum Gasteiger partial charge on any atom is -0.458 e. The van der Waals surface area contributed by atoms with Crippen molar-refractivity contribution in [2.75, 3.05) is 0 Å². The monoisotopic (exact) mass is 290 g/mol. The van der Waals surface area contributed by atoms with Gasteiger partial charge >= 0.3 is 0 Å². The molecule has 0 saturated heterocycles. The molecule has 0 aliphatic carbocycles. The molecule has 0 aliphatic heterocycles. The molecule has 0 spiro atoms. The molecule has 0 N–H and O–H groups in total. The van der Waals surface area contributed by atoms with Gasteiger partial charge in [-0.25, -0.2) is 4.98 Å². The lowest BCUT2D eigenvalue weighted by molar-refractivity contribution is 0.544. The van der Waals surface area contributed by atoms with E-state index < -0.39 is 0 Å². The summed E-state index contributed by atoms with van der Waals surface area (Å²) < 4.78 is 8.51. The lowest BCUT2D eigenvalue weighted by Gasteiger charge is -2.00. The highest BCUT2D eigenvalue weighted by atomic mass is 79.9. The van der Waals surface area contributed by atoms with Crippen molar-refractivity contribution in [1.29, 1.82) is 0 Å². The van der Waals surface area contributed by atoms with Gasteiger partial charge in [-0.15, -0.1) is 0 Å². The summed E-state index contributed by atoms with van der Waals surface area (Å²) in [6, 6.07) is 7.97. The quantitative estimate of drug-likeness (QED) is 0.679.